The maximum absolute atomic E-state index is 14.3. The molecule has 0 radical (unpaired) electrons. The number of rotatable bonds is 14. The topological polar surface area (TPSA) is 153 Å². The Kier molecular flexibility index (Phi) is 10.9. The van der Waals surface area contributed by atoms with Crippen molar-refractivity contribution in [3.63, 3.8) is 0 Å². The number of para-hydroxylation sites is 1. The summed E-state index contributed by atoms with van der Waals surface area (Å²) in [6.07, 6.45) is -0.317. The van der Waals surface area contributed by atoms with Gasteiger partial charge in [0.2, 0.25) is 11.9 Å². The van der Waals surface area contributed by atoms with Crippen LogP contribution in [-0.4, -0.2) is 98.9 Å². The lowest BCUT2D eigenvalue weighted by atomic mass is 10.0. The summed E-state index contributed by atoms with van der Waals surface area (Å²) in [5, 5.41) is 6.66. The second-order valence-corrected chi connectivity index (χ2v) is 14.2. The lowest BCUT2D eigenvalue weighted by molar-refractivity contribution is -0.287. The van der Waals surface area contributed by atoms with E-state index in [1.165, 1.54) is 43.6 Å². The lowest BCUT2D eigenvalue weighted by Gasteiger charge is -2.34. The Balaban J connectivity index is 1.34. The largest absolute Gasteiger partial charge is 0.586 e. The molecule has 0 saturated carbocycles. The summed E-state index contributed by atoms with van der Waals surface area (Å²) in [6, 6.07) is 11.1. The van der Waals surface area contributed by atoms with Crippen molar-refractivity contribution in [3.05, 3.63) is 71.0 Å². The molecule has 2 N–H and O–H groups in total. The van der Waals surface area contributed by atoms with Crippen LogP contribution in [0.1, 0.15) is 30.6 Å². The third kappa shape index (κ3) is 8.66. The highest BCUT2D eigenvalue weighted by molar-refractivity contribution is 7.90. The molecule has 2 aromatic heterocycles. The number of sulfone groups is 1. The second-order valence-electron chi connectivity index (χ2n) is 11.8. The van der Waals surface area contributed by atoms with E-state index in [4.69, 9.17) is 30.5 Å². The van der Waals surface area contributed by atoms with Crippen LogP contribution in [0, 0.1) is 0 Å². The number of ether oxygens (including phenoxy) is 4. The van der Waals surface area contributed by atoms with E-state index in [9.17, 15) is 17.2 Å². The van der Waals surface area contributed by atoms with E-state index in [1.54, 1.807) is 18.2 Å². The molecule has 2 aliphatic rings. The Bertz CT molecular complexity index is 1970. The summed E-state index contributed by atoms with van der Waals surface area (Å²) in [7, 11) is -2.24. The van der Waals surface area contributed by atoms with Gasteiger partial charge in [0.1, 0.15) is 0 Å². The summed E-state index contributed by atoms with van der Waals surface area (Å²) in [5.41, 5.74) is 1.09. The van der Waals surface area contributed by atoms with Crippen LogP contribution >= 0.6 is 11.6 Å². The quantitative estimate of drug-likeness (QED) is 0.164. The smallest absolute Gasteiger partial charge is 0.467 e. The number of pyridine rings is 1. The van der Waals surface area contributed by atoms with Crippen LogP contribution in [-0.2, 0) is 14.6 Å². The maximum atomic E-state index is 14.3. The highest BCUT2D eigenvalue weighted by atomic mass is 35.5. The molecule has 1 fully saturated rings. The highest BCUT2D eigenvalue weighted by Gasteiger charge is 2.45. The summed E-state index contributed by atoms with van der Waals surface area (Å²) >= 11 is 6.60. The molecule has 0 spiro atoms. The molecule has 0 unspecified atom stereocenters. The second kappa shape index (κ2) is 15.3. The molecule has 2 aliphatic heterocycles. The van der Waals surface area contributed by atoms with Crippen molar-refractivity contribution in [3.8, 4) is 17.5 Å². The minimum Gasteiger partial charge on any atom is -0.467 e. The van der Waals surface area contributed by atoms with Crippen molar-refractivity contribution < 1.29 is 36.1 Å². The van der Waals surface area contributed by atoms with E-state index in [0.717, 1.165) is 38.9 Å². The molecule has 0 aliphatic carbocycles. The van der Waals surface area contributed by atoms with Gasteiger partial charge >= 0.3 is 12.3 Å². The van der Waals surface area contributed by atoms with E-state index in [2.05, 4.69) is 42.4 Å². The van der Waals surface area contributed by atoms with Gasteiger partial charge in [0, 0.05) is 57.3 Å². The van der Waals surface area contributed by atoms with Gasteiger partial charge in [-0.2, -0.15) is 15.0 Å². The van der Waals surface area contributed by atoms with Crippen LogP contribution in [0.2, 0.25) is 5.02 Å². The molecule has 1 saturated heterocycles. The molecule has 0 amide bonds. The zero-order chi connectivity index (χ0) is 36.2. The molecule has 1 atom stereocenters. The van der Waals surface area contributed by atoms with Crippen molar-refractivity contribution in [1.29, 1.82) is 0 Å². The minimum atomic E-state index is -3.88. The van der Waals surface area contributed by atoms with Crippen molar-refractivity contribution in [1.82, 2.24) is 24.8 Å². The van der Waals surface area contributed by atoms with Crippen molar-refractivity contribution in [2.75, 3.05) is 74.8 Å². The van der Waals surface area contributed by atoms with Gasteiger partial charge in [0.15, 0.2) is 21.3 Å². The first kappa shape index (κ1) is 36.2. The molecule has 51 heavy (non-hydrogen) atoms. The maximum Gasteiger partial charge on any atom is 0.586 e. The van der Waals surface area contributed by atoms with Crippen LogP contribution in [0.15, 0.2) is 59.6 Å². The number of hydrogen-bond acceptors (Lipinski definition) is 14. The fraction of sp³-hybridized carbons (Fsp3) is 0.394. The van der Waals surface area contributed by atoms with Gasteiger partial charge in [-0.3, -0.25) is 9.88 Å². The number of halogens is 3. The zero-order valence-corrected chi connectivity index (χ0v) is 29.7. The molecule has 272 valence electrons. The number of methoxy groups -OCH3 is 1. The van der Waals surface area contributed by atoms with Crippen LogP contribution in [0.3, 0.4) is 0 Å². The monoisotopic (exact) mass is 746 g/mol. The summed E-state index contributed by atoms with van der Waals surface area (Å²) in [6.45, 7) is 7.15. The van der Waals surface area contributed by atoms with E-state index in [-0.39, 0.29) is 50.3 Å². The van der Waals surface area contributed by atoms with E-state index in [1.807, 2.05) is 4.90 Å². The molecule has 6 rings (SSSR count). The summed E-state index contributed by atoms with van der Waals surface area (Å²) in [4.78, 5) is 22.3. The number of anilines is 4. The number of piperazine rings is 1. The van der Waals surface area contributed by atoms with Crippen LogP contribution in [0.5, 0.6) is 17.5 Å². The van der Waals surface area contributed by atoms with Gasteiger partial charge < -0.3 is 34.5 Å². The Morgan fingerprint density at radius 2 is 1.82 bits per heavy atom. The summed E-state index contributed by atoms with van der Waals surface area (Å²) < 4.78 is 74.5. The standard InChI is InChI=1S/C33H37ClF2N8O6S/c1-4-18-48-19-17-43-13-15-44(16-14-43)31-40-30(41-32(42-31)47-2)39-25-20-21(51(3,45)46)10-11-24(25)38-27(28-23(34)8-6-12-37-28)22-7-5-9-26-29(22)50-33(35,36)49-26/h5-12,20,27,38H,4,13-19H2,1-3H3,(H,39,40,41,42)/t27-/m0/s1. The number of nitrogens with one attached hydrogen (secondary N) is 2. The average molecular weight is 747 g/mol. The highest BCUT2D eigenvalue weighted by Crippen LogP contribution is 2.48. The SMILES string of the molecule is CCCOCCN1CCN(c2nc(Nc3cc(S(C)(=O)=O)ccc3N[C@@H](c3cccc4c3OC(F)(F)O4)c3ncccc3Cl)nc(OC)n2)CC1. The van der Waals surface area contributed by atoms with Gasteiger partial charge in [0.05, 0.1) is 46.7 Å². The van der Waals surface area contributed by atoms with Crippen LogP contribution in [0.4, 0.5) is 32.1 Å². The number of alkyl halides is 2. The normalized spacial score (nSPS) is 16.2. The average Bonchev–Trinajstić information content (AvgIpc) is 3.44. The molecule has 18 heteroatoms. The van der Waals surface area contributed by atoms with Gasteiger partial charge in [0.25, 0.3) is 0 Å². The molecule has 2 aromatic carbocycles. The van der Waals surface area contributed by atoms with E-state index in [0.29, 0.717) is 31.3 Å². The van der Waals surface area contributed by atoms with Gasteiger partial charge in [-0.25, -0.2) is 8.42 Å². The van der Waals surface area contributed by atoms with Crippen molar-refractivity contribution >= 4 is 44.7 Å². The molecular formula is C33H37ClF2N8O6S. The Morgan fingerprint density at radius 1 is 1.02 bits per heavy atom. The fourth-order valence-corrected chi connectivity index (χ4v) is 6.50. The number of benzene rings is 2. The van der Waals surface area contributed by atoms with E-state index < -0.39 is 22.2 Å². The van der Waals surface area contributed by atoms with Gasteiger partial charge in [-0.05, 0) is 42.8 Å². The summed E-state index contributed by atoms with van der Waals surface area (Å²) in [5.74, 6) is 0.0726. The van der Waals surface area contributed by atoms with Crippen molar-refractivity contribution in [2.45, 2.75) is 30.6 Å². The fourth-order valence-electron chi connectivity index (χ4n) is 5.63. The van der Waals surface area contributed by atoms with Crippen molar-refractivity contribution in [2.24, 2.45) is 0 Å². The predicted molar refractivity (Wildman–Crippen MR) is 186 cm³/mol. The first-order valence-corrected chi connectivity index (χ1v) is 18.4. The number of fused-ring (bicyclic) bond motifs is 1. The van der Waals surface area contributed by atoms with Crippen LogP contribution in [0.25, 0.3) is 0 Å². The predicted octanol–water partition coefficient (Wildman–Crippen LogP) is 5.15. The number of nitrogens with zero attached hydrogens (tertiary/aromatic N) is 6. The minimum absolute atomic E-state index is 0.000213. The molecular weight excluding hydrogens is 710 g/mol. The third-order valence-electron chi connectivity index (χ3n) is 8.14. The first-order chi connectivity index (χ1) is 24.4. The first-order valence-electron chi connectivity index (χ1n) is 16.2. The van der Waals surface area contributed by atoms with Gasteiger partial charge in [-0.15, -0.1) is 8.78 Å². The Labute approximate surface area is 299 Å². The lowest BCUT2D eigenvalue weighted by Crippen LogP contribution is -2.48. The Hall–Kier alpha value is -4.58. The Morgan fingerprint density at radius 3 is 2.55 bits per heavy atom. The number of hydrogen-bond donors (Lipinski definition) is 2. The third-order valence-corrected chi connectivity index (χ3v) is 9.57. The molecule has 14 nitrogen and oxygen atoms in total. The molecule has 0 bridgehead atoms. The zero-order valence-electron chi connectivity index (χ0n) is 28.1. The van der Waals surface area contributed by atoms with Gasteiger partial charge in [-0.1, -0.05) is 30.7 Å². The van der Waals surface area contributed by atoms with Crippen LogP contribution < -0.4 is 29.7 Å². The number of aromatic nitrogens is 4. The van der Waals surface area contributed by atoms with E-state index >= 15 is 0 Å². The molecule has 4 aromatic rings. The molecule has 4 heterocycles.